The van der Waals surface area contributed by atoms with E-state index in [0.29, 0.717) is 25.9 Å². The fourth-order valence-electron chi connectivity index (χ4n) is 2.50. The van der Waals surface area contributed by atoms with Gasteiger partial charge >= 0.3 is 12.1 Å². The molecule has 0 unspecified atom stereocenters. The number of nitrogens with zero attached hydrogens (tertiary/aromatic N) is 1. The highest BCUT2D eigenvalue weighted by atomic mass is 19.1. The van der Waals surface area contributed by atoms with Crippen LogP contribution in [0.1, 0.15) is 39.2 Å². The summed E-state index contributed by atoms with van der Waals surface area (Å²) in [6.45, 7) is 6.29. The van der Waals surface area contributed by atoms with Crippen LogP contribution in [0.5, 0.6) is 0 Å². The molecule has 0 spiro atoms. The van der Waals surface area contributed by atoms with Crippen molar-refractivity contribution in [3.05, 3.63) is 35.6 Å². The minimum Gasteiger partial charge on any atom is -0.460 e. The predicted octanol–water partition coefficient (Wildman–Crippen LogP) is 3.31. The third-order valence-corrected chi connectivity index (χ3v) is 3.60. The van der Waals surface area contributed by atoms with Gasteiger partial charge in [0.1, 0.15) is 17.5 Å². The SMILES string of the molecule is CC(C)(C)OC(=O)N1CC[C@H](OC(=O)CCc2cccc(F)c2)C1. The number of ether oxygens (including phenoxy) is 2. The highest BCUT2D eigenvalue weighted by Crippen LogP contribution is 2.18. The highest BCUT2D eigenvalue weighted by molar-refractivity contribution is 5.71. The molecular weight excluding hydrogens is 313 g/mol. The molecule has 1 heterocycles. The Labute approximate surface area is 141 Å². The molecule has 0 aliphatic carbocycles. The van der Waals surface area contributed by atoms with Crippen LogP contribution >= 0.6 is 0 Å². The second kappa shape index (κ2) is 7.64. The number of likely N-dealkylation sites (tertiary alicyclic amines) is 1. The van der Waals surface area contributed by atoms with Crippen LogP contribution < -0.4 is 0 Å². The zero-order chi connectivity index (χ0) is 17.7. The van der Waals surface area contributed by atoms with Gasteiger partial charge in [-0.15, -0.1) is 0 Å². The molecule has 1 amide bonds. The van der Waals surface area contributed by atoms with Gasteiger partial charge < -0.3 is 14.4 Å². The van der Waals surface area contributed by atoms with Gasteiger partial charge in [-0.1, -0.05) is 12.1 Å². The molecule has 1 aromatic rings. The van der Waals surface area contributed by atoms with Crippen LogP contribution in [-0.2, 0) is 20.7 Å². The lowest BCUT2D eigenvalue weighted by atomic mass is 10.1. The third kappa shape index (κ3) is 5.83. The second-order valence-corrected chi connectivity index (χ2v) is 6.96. The Morgan fingerprint density at radius 3 is 2.75 bits per heavy atom. The normalized spacial score (nSPS) is 17.7. The quantitative estimate of drug-likeness (QED) is 0.791. The van der Waals surface area contributed by atoms with Crippen molar-refractivity contribution in [3.63, 3.8) is 0 Å². The molecule has 0 aromatic heterocycles. The molecule has 1 saturated heterocycles. The molecule has 0 bridgehead atoms. The van der Waals surface area contributed by atoms with Crippen molar-refractivity contribution < 1.29 is 23.5 Å². The first kappa shape index (κ1) is 18.2. The van der Waals surface area contributed by atoms with Crippen molar-refractivity contribution in [2.75, 3.05) is 13.1 Å². The van der Waals surface area contributed by atoms with Crippen molar-refractivity contribution in [1.82, 2.24) is 4.90 Å². The van der Waals surface area contributed by atoms with Crippen molar-refractivity contribution in [2.45, 2.75) is 51.7 Å². The minimum atomic E-state index is -0.545. The number of aryl methyl sites for hydroxylation is 1. The summed E-state index contributed by atoms with van der Waals surface area (Å²) in [5.74, 6) is -0.653. The largest absolute Gasteiger partial charge is 0.460 e. The average Bonchev–Trinajstić information content (AvgIpc) is 2.92. The number of amides is 1. The van der Waals surface area contributed by atoms with Gasteiger partial charge in [-0.2, -0.15) is 0 Å². The van der Waals surface area contributed by atoms with Crippen LogP contribution in [0.25, 0.3) is 0 Å². The molecule has 132 valence electrons. The zero-order valence-corrected chi connectivity index (χ0v) is 14.4. The Bertz CT molecular complexity index is 597. The van der Waals surface area contributed by atoms with E-state index >= 15 is 0 Å². The Morgan fingerprint density at radius 2 is 2.08 bits per heavy atom. The van der Waals surface area contributed by atoms with E-state index in [0.717, 1.165) is 5.56 Å². The van der Waals surface area contributed by atoms with Gasteiger partial charge in [0.2, 0.25) is 0 Å². The summed E-state index contributed by atoms with van der Waals surface area (Å²) in [7, 11) is 0. The lowest BCUT2D eigenvalue weighted by molar-refractivity contribution is -0.148. The van der Waals surface area contributed by atoms with Crippen LogP contribution in [0, 0.1) is 5.82 Å². The monoisotopic (exact) mass is 337 g/mol. The molecule has 0 N–H and O–H groups in total. The number of hydrogen-bond acceptors (Lipinski definition) is 4. The van der Waals surface area contributed by atoms with E-state index in [1.54, 1.807) is 17.0 Å². The Hall–Kier alpha value is -2.11. The first-order valence-corrected chi connectivity index (χ1v) is 8.15. The number of carbonyl (C=O) groups excluding carboxylic acids is 2. The fraction of sp³-hybridized carbons (Fsp3) is 0.556. The first-order chi connectivity index (χ1) is 11.2. The molecule has 2 rings (SSSR count). The number of esters is 1. The molecule has 1 aliphatic heterocycles. The maximum atomic E-state index is 13.1. The average molecular weight is 337 g/mol. The van der Waals surface area contributed by atoms with E-state index in [4.69, 9.17) is 9.47 Å². The number of carbonyl (C=O) groups is 2. The lowest BCUT2D eigenvalue weighted by Crippen LogP contribution is -2.36. The summed E-state index contributed by atoms with van der Waals surface area (Å²) >= 11 is 0. The lowest BCUT2D eigenvalue weighted by Gasteiger charge is -2.24. The van der Waals surface area contributed by atoms with Gasteiger partial charge in [0, 0.05) is 19.4 Å². The van der Waals surface area contributed by atoms with Gasteiger partial charge in [0.15, 0.2) is 0 Å². The Morgan fingerprint density at radius 1 is 1.33 bits per heavy atom. The molecule has 0 saturated carbocycles. The Kier molecular flexibility index (Phi) is 5.80. The maximum absolute atomic E-state index is 13.1. The van der Waals surface area contributed by atoms with E-state index in [9.17, 15) is 14.0 Å². The van der Waals surface area contributed by atoms with Gasteiger partial charge in [-0.05, 0) is 44.9 Å². The van der Waals surface area contributed by atoms with Crippen LogP contribution in [0.15, 0.2) is 24.3 Å². The molecule has 1 aliphatic rings. The standard InChI is InChI=1S/C18H24FNO4/c1-18(2,3)24-17(22)20-10-9-15(12-20)23-16(21)8-7-13-5-4-6-14(19)11-13/h4-6,11,15H,7-10,12H2,1-3H3/t15-/m0/s1. The first-order valence-electron chi connectivity index (χ1n) is 8.15. The summed E-state index contributed by atoms with van der Waals surface area (Å²) in [6, 6.07) is 6.17. The molecule has 1 aromatic carbocycles. The van der Waals surface area contributed by atoms with Crippen LogP contribution in [0.3, 0.4) is 0 Å². The topological polar surface area (TPSA) is 55.8 Å². The number of benzene rings is 1. The molecule has 1 atom stereocenters. The summed E-state index contributed by atoms with van der Waals surface area (Å²) in [6.07, 6.45) is 0.523. The number of halogens is 1. The van der Waals surface area contributed by atoms with Crippen LogP contribution in [0.2, 0.25) is 0 Å². The van der Waals surface area contributed by atoms with E-state index in [1.165, 1.54) is 12.1 Å². The van der Waals surface area contributed by atoms with Gasteiger partial charge in [-0.25, -0.2) is 9.18 Å². The minimum absolute atomic E-state index is 0.187. The Balaban J connectivity index is 1.74. The van der Waals surface area contributed by atoms with Crippen LogP contribution in [-0.4, -0.2) is 41.8 Å². The number of rotatable bonds is 4. The van der Waals surface area contributed by atoms with E-state index < -0.39 is 5.60 Å². The van der Waals surface area contributed by atoms with Crippen molar-refractivity contribution in [1.29, 1.82) is 0 Å². The molecular formula is C18H24FNO4. The van der Waals surface area contributed by atoms with Crippen molar-refractivity contribution >= 4 is 12.1 Å². The summed E-state index contributed by atoms with van der Waals surface area (Å²) in [4.78, 5) is 25.4. The second-order valence-electron chi connectivity index (χ2n) is 6.96. The van der Waals surface area contributed by atoms with E-state index in [2.05, 4.69) is 0 Å². The molecule has 1 fully saturated rings. The van der Waals surface area contributed by atoms with Crippen LogP contribution in [0.4, 0.5) is 9.18 Å². The van der Waals surface area contributed by atoms with Gasteiger partial charge in [0.05, 0.1) is 6.54 Å². The number of hydrogen-bond donors (Lipinski definition) is 0. The van der Waals surface area contributed by atoms with Gasteiger partial charge in [0.25, 0.3) is 0 Å². The predicted molar refractivity (Wildman–Crippen MR) is 87.0 cm³/mol. The summed E-state index contributed by atoms with van der Waals surface area (Å²) < 4.78 is 23.8. The molecule has 6 heteroatoms. The molecule has 5 nitrogen and oxygen atoms in total. The smallest absolute Gasteiger partial charge is 0.410 e. The zero-order valence-electron chi connectivity index (χ0n) is 14.4. The van der Waals surface area contributed by atoms with Crippen molar-refractivity contribution in [2.24, 2.45) is 0 Å². The van der Waals surface area contributed by atoms with Gasteiger partial charge in [-0.3, -0.25) is 4.79 Å². The van der Waals surface area contributed by atoms with E-state index in [-0.39, 0.29) is 30.4 Å². The maximum Gasteiger partial charge on any atom is 0.410 e. The van der Waals surface area contributed by atoms with E-state index in [1.807, 2.05) is 20.8 Å². The summed E-state index contributed by atoms with van der Waals surface area (Å²) in [5, 5.41) is 0. The van der Waals surface area contributed by atoms with Crippen molar-refractivity contribution in [3.8, 4) is 0 Å². The third-order valence-electron chi connectivity index (χ3n) is 3.60. The fourth-order valence-corrected chi connectivity index (χ4v) is 2.50. The highest BCUT2D eigenvalue weighted by Gasteiger charge is 2.31. The summed E-state index contributed by atoms with van der Waals surface area (Å²) in [5.41, 5.74) is 0.213. The molecule has 0 radical (unpaired) electrons. The molecule has 24 heavy (non-hydrogen) atoms.